The summed E-state index contributed by atoms with van der Waals surface area (Å²) in [4.78, 5) is 12.1. The molecule has 1 aliphatic rings. The molecule has 1 aliphatic heterocycles. The van der Waals surface area contributed by atoms with E-state index in [1.165, 1.54) is 16.8 Å². The standard InChI is InChI=1S/C12H9F3N2OS/c13-12(14,15)7-2-1-3-8(4-7)17-11(18)9-5-19-6-10(9)16-17/h1-4,16H,5-6H2. The van der Waals surface area contributed by atoms with E-state index in [0.29, 0.717) is 17.1 Å². The van der Waals surface area contributed by atoms with E-state index in [2.05, 4.69) is 5.10 Å². The average molecular weight is 286 g/mol. The molecule has 3 rings (SSSR count). The van der Waals surface area contributed by atoms with Gasteiger partial charge in [0.1, 0.15) is 0 Å². The average Bonchev–Trinajstić information content (AvgIpc) is 2.92. The van der Waals surface area contributed by atoms with Gasteiger partial charge in [0.05, 0.1) is 22.5 Å². The van der Waals surface area contributed by atoms with Crippen molar-refractivity contribution in [1.82, 2.24) is 9.78 Å². The van der Waals surface area contributed by atoms with Crippen LogP contribution >= 0.6 is 11.8 Å². The van der Waals surface area contributed by atoms with Crippen LogP contribution in [0.25, 0.3) is 5.69 Å². The van der Waals surface area contributed by atoms with E-state index in [0.717, 1.165) is 17.8 Å². The lowest BCUT2D eigenvalue weighted by atomic mass is 10.2. The van der Waals surface area contributed by atoms with Crippen LogP contribution in [0.5, 0.6) is 0 Å². The predicted molar refractivity (Wildman–Crippen MR) is 66.4 cm³/mol. The Kier molecular flexibility index (Phi) is 2.74. The topological polar surface area (TPSA) is 37.8 Å². The lowest BCUT2D eigenvalue weighted by molar-refractivity contribution is -0.137. The van der Waals surface area contributed by atoms with Gasteiger partial charge in [-0.05, 0) is 18.2 Å². The number of thioether (sulfide) groups is 1. The van der Waals surface area contributed by atoms with Crippen LogP contribution in [0.2, 0.25) is 0 Å². The van der Waals surface area contributed by atoms with Gasteiger partial charge in [-0.1, -0.05) is 6.07 Å². The van der Waals surface area contributed by atoms with E-state index >= 15 is 0 Å². The largest absolute Gasteiger partial charge is 0.416 e. The Balaban J connectivity index is 2.11. The number of rotatable bonds is 1. The van der Waals surface area contributed by atoms with Crippen molar-refractivity contribution in [1.29, 1.82) is 0 Å². The SMILES string of the molecule is O=c1c2c([nH]n1-c1cccc(C(F)(F)F)c1)CSC2. The molecule has 0 fully saturated rings. The fraction of sp³-hybridized carbons (Fsp3) is 0.250. The number of hydrogen-bond donors (Lipinski definition) is 1. The zero-order valence-corrected chi connectivity index (χ0v) is 10.4. The molecule has 2 aromatic rings. The Morgan fingerprint density at radius 2 is 2.05 bits per heavy atom. The van der Waals surface area contributed by atoms with Gasteiger partial charge in [0, 0.05) is 11.5 Å². The molecule has 7 heteroatoms. The fourth-order valence-corrected chi connectivity index (χ4v) is 3.09. The number of H-pyrrole nitrogens is 1. The molecule has 0 spiro atoms. The maximum atomic E-state index is 12.6. The number of aromatic nitrogens is 2. The first kappa shape index (κ1) is 12.4. The van der Waals surface area contributed by atoms with E-state index in [1.54, 1.807) is 11.8 Å². The summed E-state index contributed by atoms with van der Waals surface area (Å²) in [7, 11) is 0. The second-order valence-electron chi connectivity index (χ2n) is 4.25. The van der Waals surface area contributed by atoms with Crippen LogP contribution in [0.4, 0.5) is 13.2 Å². The van der Waals surface area contributed by atoms with Crippen molar-refractivity contribution in [2.45, 2.75) is 17.7 Å². The van der Waals surface area contributed by atoms with Crippen molar-refractivity contribution in [2.24, 2.45) is 0 Å². The first-order valence-electron chi connectivity index (χ1n) is 5.55. The van der Waals surface area contributed by atoms with Gasteiger partial charge in [-0.15, -0.1) is 0 Å². The third kappa shape index (κ3) is 2.07. The highest BCUT2D eigenvalue weighted by molar-refractivity contribution is 7.98. The van der Waals surface area contributed by atoms with Crippen LogP contribution in [0.15, 0.2) is 29.1 Å². The van der Waals surface area contributed by atoms with Crippen LogP contribution in [0, 0.1) is 0 Å². The number of aromatic amines is 1. The number of fused-ring (bicyclic) bond motifs is 1. The summed E-state index contributed by atoms with van der Waals surface area (Å²) >= 11 is 1.61. The second kappa shape index (κ2) is 4.19. The van der Waals surface area contributed by atoms with Crippen molar-refractivity contribution in [3.63, 3.8) is 0 Å². The van der Waals surface area contributed by atoms with Crippen molar-refractivity contribution in [3.8, 4) is 5.69 Å². The van der Waals surface area contributed by atoms with Crippen LogP contribution in [0.1, 0.15) is 16.8 Å². The molecule has 0 amide bonds. The van der Waals surface area contributed by atoms with Crippen molar-refractivity contribution >= 4 is 11.8 Å². The van der Waals surface area contributed by atoms with Gasteiger partial charge in [-0.25, -0.2) is 4.68 Å². The van der Waals surface area contributed by atoms with Crippen molar-refractivity contribution < 1.29 is 13.2 Å². The quantitative estimate of drug-likeness (QED) is 0.875. The molecule has 0 atom stereocenters. The summed E-state index contributed by atoms with van der Waals surface area (Å²) in [6, 6.07) is 4.74. The Bertz CT molecular complexity index is 687. The Morgan fingerprint density at radius 3 is 2.74 bits per heavy atom. The minimum Gasteiger partial charge on any atom is -0.294 e. The summed E-state index contributed by atoms with van der Waals surface area (Å²) in [5, 5.41) is 2.87. The lowest BCUT2D eigenvalue weighted by Gasteiger charge is -2.08. The number of nitrogens with zero attached hydrogens (tertiary/aromatic N) is 1. The molecule has 0 saturated heterocycles. The number of halogens is 3. The lowest BCUT2D eigenvalue weighted by Crippen LogP contribution is -2.17. The van der Waals surface area contributed by atoms with E-state index in [4.69, 9.17) is 0 Å². The molecular formula is C12H9F3N2OS. The van der Waals surface area contributed by atoms with Gasteiger partial charge in [-0.2, -0.15) is 24.9 Å². The molecule has 0 radical (unpaired) electrons. The number of benzene rings is 1. The number of nitrogens with one attached hydrogen (secondary N) is 1. The molecule has 0 aliphatic carbocycles. The molecule has 1 N–H and O–H groups in total. The fourth-order valence-electron chi connectivity index (χ4n) is 2.04. The normalized spacial score (nSPS) is 14.7. The van der Waals surface area contributed by atoms with Crippen LogP contribution < -0.4 is 5.56 Å². The first-order chi connectivity index (χ1) is 8.97. The molecule has 0 saturated carbocycles. The van der Waals surface area contributed by atoms with Crippen LogP contribution in [0.3, 0.4) is 0 Å². The summed E-state index contributed by atoms with van der Waals surface area (Å²) in [5.74, 6) is 1.30. The minimum atomic E-state index is -4.41. The monoisotopic (exact) mass is 286 g/mol. The zero-order chi connectivity index (χ0) is 13.6. The molecule has 2 heterocycles. The summed E-state index contributed by atoms with van der Waals surface area (Å²) < 4.78 is 39.1. The number of hydrogen-bond acceptors (Lipinski definition) is 2. The molecular weight excluding hydrogens is 277 g/mol. The maximum absolute atomic E-state index is 12.6. The highest BCUT2D eigenvalue weighted by Crippen LogP contribution is 2.31. The van der Waals surface area contributed by atoms with Gasteiger partial charge in [0.15, 0.2) is 0 Å². The molecule has 100 valence electrons. The molecule has 1 aromatic heterocycles. The van der Waals surface area contributed by atoms with Gasteiger partial charge >= 0.3 is 6.18 Å². The highest BCUT2D eigenvalue weighted by atomic mass is 32.2. The van der Waals surface area contributed by atoms with Gasteiger partial charge in [0.2, 0.25) is 0 Å². The molecule has 0 bridgehead atoms. The first-order valence-corrected chi connectivity index (χ1v) is 6.70. The Hall–Kier alpha value is -1.63. The van der Waals surface area contributed by atoms with Crippen molar-refractivity contribution in [3.05, 3.63) is 51.4 Å². The molecule has 3 nitrogen and oxygen atoms in total. The Labute approximate surface area is 110 Å². The van der Waals surface area contributed by atoms with E-state index in [1.807, 2.05) is 0 Å². The molecule has 0 unspecified atom stereocenters. The maximum Gasteiger partial charge on any atom is 0.416 e. The van der Waals surface area contributed by atoms with E-state index < -0.39 is 11.7 Å². The van der Waals surface area contributed by atoms with Gasteiger partial charge < -0.3 is 0 Å². The predicted octanol–water partition coefficient (Wildman–Crippen LogP) is 2.93. The van der Waals surface area contributed by atoms with Crippen molar-refractivity contribution in [2.75, 3.05) is 0 Å². The molecule has 19 heavy (non-hydrogen) atoms. The third-order valence-corrected chi connectivity index (χ3v) is 3.98. The van der Waals surface area contributed by atoms with Crippen LogP contribution in [-0.2, 0) is 17.7 Å². The summed E-state index contributed by atoms with van der Waals surface area (Å²) in [6.07, 6.45) is -4.41. The minimum absolute atomic E-state index is 0.208. The van der Waals surface area contributed by atoms with E-state index in [9.17, 15) is 18.0 Å². The van der Waals surface area contributed by atoms with E-state index in [-0.39, 0.29) is 11.2 Å². The van der Waals surface area contributed by atoms with Gasteiger partial charge in [-0.3, -0.25) is 9.89 Å². The highest BCUT2D eigenvalue weighted by Gasteiger charge is 2.31. The van der Waals surface area contributed by atoms with Gasteiger partial charge in [0.25, 0.3) is 5.56 Å². The zero-order valence-electron chi connectivity index (χ0n) is 9.62. The Morgan fingerprint density at radius 1 is 1.26 bits per heavy atom. The molecule has 1 aromatic carbocycles. The number of alkyl halides is 3. The van der Waals surface area contributed by atoms with Crippen LogP contribution in [-0.4, -0.2) is 9.78 Å². The third-order valence-electron chi connectivity index (χ3n) is 3.00. The smallest absolute Gasteiger partial charge is 0.294 e. The summed E-state index contributed by atoms with van der Waals surface area (Å²) in [5.41, 5.74) is 0.634. The summed E-state index contributed by atoms with van der Waals surface area (Å²) in [6.45, 7) is 0. The second-order valence-corrected chi connectivity index (χ2v) is 5.24.